The molecule has 0 saturated carbocycles. The lowest BCUT2D eigenvalue weighted by molar-refractivity contribution is 0.622. The second-order valence-electron chi connectivity index (χ2n) is 4.82. The first-order valence-corrected chi connectivity index (χ1v) is 9.63. The van der Waals surface area contributed by atoms with Gasteiger partial charge in [0, 0.05) is 5.50 Å². The van der Waals surface area contributed by atoms with Crippen molar-refractivity contribution in [3.63, 3.8) is 0 Å². The monoisotopic (exact) mass is 220 g/mol. The van der Waals surface area contributed by atoms with Crippen LogP contribution in [-0.4, -0.2) is 13.6 Å². The highest BCUT2D eigenvalue weighted by molar-refractivity contribution is 6.83. The smallest absolute Gasteiger partial charge is 0.0639 e. The Morgan fingerprint density at radius 2 is 1.46 bits per heavy atom. The molecule has 2 heteroatoms. The van der Waals surface area contributed by atoms with Crippen molar-refractivity contribution < 1.29 is 0 Å². The summed E-state index contributed by atoms with van der Waals surface area (Å²) in [4.78, 5) is 0. The second-order valence-corrected chi connectivity index (χ2v) is 10.7. The zero-order valence-corrected chi connectivity index (χ0v) is 11.3. The molecule has 80 valence electrons. The van der Waals surface area contributed by atoms with Gasteiger partial charge in [-0.2, -0.15) is 0 Å². The summed E-state index contributed by atoms with van der Waals surface area (Å²) in [7, 11) is -0.980. The molecule has 0 bridgehead atoms. The highest BCUT2D eigenvalue weighted by atomic mass is 35.5. The Hall–Kier alpha value is 0.507. The number of hydrogen-bond donors (Lipinski definition) is 0. The van der Waals surface area contributed by atoms with E-state index < -0.39 is 8.07 Å². The summed E-state index contributed by atoms with van der Waals surface area (Å²) >= 11 is 5.92. The molecule has 0 saturated heterocycles. The average Bonchev–Trinajstić information content (AvgIpc) is 2.11. The summed E-state index contributed by atoms with van der Waals surface area (Å²) in [6.07, 6.45) is 8.46. The van der Waals surface area contributed by atoms with Crippen LogP contribution in [0, 0.1) is 0 Å². The summed E-state index contributed by atoms with van der Waals surface area (Å²) < 4.78 is 0. The molecular formula is C11H25ClSi. The minimum atomic E-state index is -0.980. The Bertz CT molecular complexity index is 113. The molecule has 0 rings (SSSR count). The number of unbranched alkanes of at least 4 members (excludes halogenated alkanes) is 5. The van der Waals surface area contributed by atoms with Crippen LogP contribution in [0.2, 0.25) is 19.1 Å². The molecule has 0 aliphatic heterocycles. The van der Waals surface area contributed by atoms with Crippen LogP contribution >= 0.6 is 11.6 Å². The van der Waals surface area contributed by atoms with Gasteiger partial charge in [0.1, 0.15) is 0 Å². The summed E-state index contributed by atoms with van der Waals surface area (Å²) in [6, 6.07) is 1.42. The lowest BCUT2D eigenvalue weighted by Gasteiger charge is -2.18. The molecule has 0 fully saturated rings. The van der Waals surface area contributed by atoms with E-state index in [0.717, 1.165) is 5.50 Å². The summed E-state index contributed by atoms with van der Waals surface area (Å²) in [6.45, 7) is 7.06. The van der Waals surface area contributed by atoms with Crippen LogP contribution < -0.4 is 0 Å². The van der Waals surface area contributed by atoms with Gasteiger partial charge in [-0.05, 0) is 0 Å². The molecule has 13 heavy (non-hydrogen) atoms. The average molecular weight is 221 g/mol. The van der Waals surface area contributed by atoms with E-state index in [2.05, 4.69) is 20.0 Å². The molecule has 0 aliphatic rings. The molecule has 0 heterocycles. The summed E-state index contributed by atoms with van der Waals surface area (Å²) in [5, 5.41) is 0. The molecule has 0 unspecified atom stereocenters. The molecule has 0 atom stereocenters. The predicted octanol–water partition coefficient (Wildman–Crippen LogP) is 4.83. The standard InChI is InChI=1S/C11H25ClSi/c1-4-5-6-7-8-9-10-13(2,3)11-12/h4-11H2,1-3H3. The molecule has 0 aromatic carbocycles. The molecule has 0 amide bonds. The third kappa shape index (κ3) is 8.83. The molecule has 0 radical (unpaired) electrons. The second kappa shape index (κ2) is 7.87. The van der Waals surface area contributed by atoms with Gasteiger partial charge < -0.3 is 0 Å². The zero-order valence-electron chi connectivity index (χ0n) is 9.53. The van der Waals surface area contributed by atoms with E-state index >= 15 is 0 Å². The van der Waals surface area contributed by atoms with Crippen molar-refractivity contribution in [1.29, 1.82) is 0 Å². The maximum absolute atomic E-state index is 5.92. The highest BCUT2D eigenvalue weighted by Gasteiger charge is 2.17. The first-order chi connectivity index (χ1) is 6.12. The largest absolute Gasteiger partial charge is 0.130 e. The predicted molar refractivity (Wildman–Crippen MR) is 66.4 cm³/mol. The van der Waals surface area contributed by atoms with E-state index in [9.17, 15) is 0 Å². The Morgan fingerprint density at radius 1 is 0.923 bits per heavy atom. The summed E-state index contributed by atoms with van der Waals surface area (Å²) in [5.41, 5.74) is 0.933. The SMILES string of the molecule is CCCCCCCC[Si](C)(C)CCl. The summed E-state index contributed by atoms with van der Waals surface area (Å²) in [5.74, 6) is 0. The molecule has 0 aliphatic carbocycles. The van der Waals surface area contributed by atoms with Gasteiger partial charge in [-0.25, -0.2) is 0 Å². The van der Waals surface area contributed by atoms with Gasteiger partial charge in [0.15, 0.2) is 0 Å². The van der Waals surface area contributed by atoms with E-state index in [1.165, 1.54) is 44.6 Å². The van der Waals surface area contributed by atoms with Gasteiger partial charge in [0.25, 0.3) is 0 Å². The number of rotatable bonds is 8. The topological polar surface area (TPSA) is 0 Å². The lowest BCUT2D eigenvalue weighted by Crippen LogP contribution is -2.27. The number of halogens is 1. The lowest BCUT2D eigenvalue weighted by atomic mass is 10.1. The number of alkyl halides is 1. The van der Waals surface area contributed by atoms with E-state index in [1.54, 1.807) is 0 Å². The van der Waals surface area contributed by atoms with Gasteiger partial charge in [-0.3, -0.25) is 0 Å². The van der Waals surface area contributed by atoms with Crippen molar-refractivity contribution in [3.8, 4) is 0 Å². The fourth-order valence-corrected chi connectivity index (χ4v) is 3.19. The van der Waals surface area contributed by atoms with Gasteiger partial charge in [-0.15, -0.1) is 11.6 Å². The third-order valence-corrected chi connectivity index (χ3v) is 7.17. The highest BCUT2D eigenvalue weighted by Crippen LogP contribution is 2.16. The van der Waals surface area contributed by atoms with Crippen LogP contribution in [0.25, 0.3) is 0 Å². The third-order valence-electron chi connectivity index (χ3n) is 2.57. The molecule has 0 aromatic heterocycles. The number of hydrogen-bond acceptors (Lipinski definition) is 0. The quantitative estimate of drug-likeness (QED) is 0.312. The van der Waals surface area contributed by atoms with Crippen molar-refractivity contribution in [2.45, 2.75) is 64.6 Å². The van der Waals surface area contributed by atoms with Gasteiger partial charge in [-0.1, -0.05) is 64.6 Å². The van der Waals surface area contributed by atoms with Crippen molar-refractivity contribution in [2.75, 3.05) is 5.50 Å². The van der Waals surface area contributed by atoms with Gasteiger partial charge in [0.2, 0.25) is 0 Å². The van der Waals surface area contributed by atoms with Crippen LogP contribution in [0.1, 0.15) is 45.4 Å². The first-order valence-electron chi connectivity index (χ1n) is 5.68. The van der Waals surface area contributed by atoms with Crippen LogP contribution in [0.5, 0.6) is 0 Å². The molecule has 0 N–H and O–H groups in total. The van der Waals surface area contributed by atoms with E-state index in [0.29, 0.717) is 0 Å². The Labute approximate surface area is 90.1 Å². The Kier molecular flexibility index (Phi) is 8.18. The van der Waals surface area contributed by atoms with E-state index in [-0.39, 0.29) is 0 Å². The van der Waals surface area contributed by atoms with Crippen molar-refractivity contribution >= 4 is 19.7 Å². The van der Waals surface area contributed by atoms with Gasteiger partial charge >= 0.3 is 0 Å². The molecule has 0 aromatic rings. The van der Waals surface area contributed by atoms with Crippen LogP contribution in [-0.2, 0) is 0 Å². The van der Waals surface area contributed by atoms with Crippen LogP contribution in [0.4, 0.5) is 0 Å². The minimum Gasteiger partial charge on any atom is -0.130 e. The minimum absolute atomic E-state index is 0.933. The van der Waals surface area contributed by atoms with Crippen molar-refractivity contribution in [1.82, 2.24) is 0 Å². The Morgan fingerprint density at radius 3 is 2.00 bits per heavy atom. The normalized spacial score (nSPS) is 12.0. The molecule has 0 nitrogen and oxygen atoms in total. The fraction of sp³-hybridized carbons (Fsp3) is 1.00. The van der Waals surface area contributed by atoms with Crippen LogP contribution in [0.3, 0.4) is 0 Å². The van der Waals surface area contributed by atoms with Crippen molar-refractivity contribution in [2.24, 2.45) is 0 Å². The van der Waals surface area contributed by atoms with E-state index in [4.69, 9.17) is 11.6 Å². The van der Waals surface area contributed by atoms with Crippen LogP contribution in [0.15, 0.2) is 0 Å². The van der Waals surface area contributed by atoms with Gasteiger partial charge in [0.05, 0.1) is 8.07 Å². The van der Waals surface area contributed by atoms with Crippen molar-refractivity contribution in [3.05, 3.63) is 0 Å². The maximum Gasteiger partial charge on any atom is 0.0639 e. The maximum atomic E-state index is 5.92. The first kappa shape index (κ1) is 13.5. The molecular weight excluding hydrogens is 196 g/mol. The molecule has 0 spiro atoms. The Balaban J connectivity index is 3.16. The fourth-order valence-electron chi connectivity index (χ4n) is 1.45. The van der Waals surface area contributed by atoms with E-state index in [1.807, 2.05) is 0 Å². The zero-order chi connectivity index (χ0) is 10.2.